The molecule has 0 saturated carbocycles. The number of rotatable bonds is 2. The Bertz CT molecular complexity index is 932. The first kappa shape index (κ1) is 18.9. The Balaban J connectivity index is 0.000000157. The van der Waals surface area contributed by atoms with Gasteiger partial charge in [0.15, 0.2) is 0 Å². The van der Waals surface area contributed by atoms with Crippen molar-refractivity contribution in [2.75, 3.05) is 24.2 Å². The van der Waals surface area contributed by atoms with Gasteiger partial charge in [-0.2, -0.15) is 0 Å². The van der Waals surface area contributed by atoms with Gasteiger partial charge < -0.3 is 15.7 Å². The lowest BCUT2D eigenvalue weighted by Gasteiger charge is -2.13. The van der Waals surface area contributed by atoms with Crippen LogP contribution in [-0.2, 0) is 19.3 Å². The fraction of sp³-hybridized carbons (Fsp3) is 0.333. The molecule has 1 aliphatic carbocycles. The number of hydrogen-bond donors (Lipinski definition) is 2. The Morgan fingerprint density at radius 3 is 2.74 bits per heavy atom. The van der Waals surface area contributed by atoms with E-state index < -0.39 is 10.9 Å². The van der Waals surface area contributed by atoms with Gasteiger partial charge in [-0.15, -0.1) is 0 Å². The Kier molecular flexibility index (Phi) is 5.18. The number of nitro benzene ring substituents is 1. The number of anilines is 2. The lowest BCUT2D eigenvalue weighted by atomic mass is 10.1. The van der Waals surface area contributed by atoms with E-state index in [9.17, 15) is 14.9 Å². The highest BCUT2D eigenvalue weighted by Gasteiger charge is 2.26. The number of nitro groups is 1. The van der Waals surface area contributed by atoms with E-state index in [0.717, 1.165) is 49.4 Å². The maximum atomic E-state index is 10.5. The zero-order chi connectivity index (χ0) is 19.7. The lowest BCUT2D eigenvalue weighted by Crippen LogP contribution is -2.14. The molecule has 142 valence electrons. The smallest absolute Gasteiger partial charge is 0.337 e. The average Bonchev–Trinajstić information content (AvgIpc) is 3.23. The minimum atomic E-state index is -1.28. The molecule has 0 radical (unpaired) electrons. The Morgan fingerprint density at radius 2 is 2.07 bits per heavy atom. The minimum Gasteiger partial charge on any atom is -0.478 e. The predicted octanol–water partition coefficient (Wildman–Crippen LogP) is 3.09. The maximum Gasteiger partial charge on any atom is 0.337 e. The summed E-state index contributed by atoms with van der Waals surface area (Å²) in [5.41, 5.74) is 10.5. The van der Waals surface area contributed by atoms with Gasteiger partial charge in [-0.1, -0.05) is 11.6 Å². The molecule has 1 aliphatic heterocycles. The number of likely N-dealkylation sites (N-methyl/N-ethyl adjacent to an activating group) is 1. The number of fused-ring (bicyclic) bond motifs is 2. The third-order valence-corrected chi connectivity index (χ3v) is 5.13. The van der Waals surface area contributed by atoms with Crippen molar-refractivity contribution in [1.29, 1.82) is 0 Å². The van der Waals surface area contributed by atoms with Crippen LogP contribution in [0.5, 0.6) is 0 Å². The van der Waals surface area contributed by atoms with Crippen LogP contribution in [-0.4, -0.2) is 34.6 Å². The number of carboxylic acids is 1. The molecule has 27 heavy (non-hydrogen) atoms. The van der Waals surface area contributed by atoms with Gasteiger partial charge in [0.05, 0.1) is 15.5 Å². The van der Waals surface area contributed by atoms with Crippen molar-refractivity contribution in [2.24, 2.45) is 0 Å². The molecule has 2 aliphatic rings. The van der Waals surface area contributed by atoms with Crippen LogP contribution in [0.4, 0.5) is 17.2 Å². The largest absolute Gasteiger partial charge is 0.478 e. The zero-order valence-electron chi connectivity index (χ0n) is 14.7. The number of nitrogens with two attached hydrogens (primary N) is 1. The number of carboxylic acid groups (broad SMARTS) is 1. The van der Waals surface area contributed by atoms with Crippen LogP contribution in [0, 0.1) is 10.1 Å². The standard InChI is InChI=1S/C11H15N3.C7H4ClNO4/c1-14-6-5-8-10(12)7-3-2-4-9(7)13-11(8)14;8-6-2-1-4(9(12)13)3-5(6)7(10)11/h2-6H2,1H3,(H2,12,13);1-3H,(H,10,11). The Hall–Kier alpha value is -2.87. The summed E-state index contributed by atoms with van der Waals surface area (Å²) in [7, 11) is 2.10. The molecule has 3 N–H and O–H groups in total. The number of aromatic nitrogens is 1. The molecular weight excluding hydrogens is 372 g/mol. The topological polar surface area (TPSA) is 123 Å². The number of pyridine rings is 1. The van der Waals surface area contributed by atoms with E-state index in [0.29, 0.717) is 0 Å². The van der Waals surface area contributed by atoms with Crippen molar-refractivity contribution in [1.82, 2.24) is 4.98 Å². The summed E-state index contributed by atoms with van der Waals surface area (Å²) in [6, 6.07) is 3.25. The van der Waals surface area contributed by atoms with E-state index >= 15 is 0 Å². The average molecular weight is 391 g/mol. The summed E-state index contributed by atoms with van der Waals surface area (Å²) in [5, 5.41) is 18.8. The van der Waals surface area contributed by atoms with Crippen LogP contribution in [0.3, 0.4) is 0 Å². The van der Waals surface area contributed by atoms with Gasteiger partial charge in [0.25, 0.3) is 5.69 Å². The quantitative estimate of drug-likeness (QED) is 0.596. The van der Waals surface area contributed by atoms with Crippen molar-refractivity contribution in [3.8, 4) is 0 Å². The highest BCUT2D eigenvalue weighted by atomic mass is 35.5. The first-order valence-corrected chi connectivity index (χ1v) is 8.86. The molecule has 0 unspecified atom stereocenters. The van der Waals surface area contributed by atoms with Crippen molar-refractivity contribution >= 4 is 34.8 Å². The van der Waals surface area contributed by atoms with E-state index in [1.807, 2.05) is 0 Å². The number of non-ortho nitro benzene ring substituents is 1. The fourth-order valence-corrected chi connectivity index (χ4v) is 3.58. The first-order valence-electron chi connectivity index (χ1n) is 8.48. The molecule has 1 aromatic carbocycles. The number of carbonyl (C=O) groups is 1. The molecule has 9 heteroatoms. The van der Waals surface area contributed by atoms with Crippen LogP contribution < -0.4 is 10.6 Å². The molecular formula is C18H19ClN4O4. The normalized spacial score (nSPS) is 14.2. The second-order valence-corrected chi connectivity index (χ2v) is 6.91. The second-order valence-electron chi connectivity index (χ2n) is 6.50. The number of hydrogen-bond acceptors (Lipinski definition) is 6. The van der Waals surface area contributed by atoms with Gasteiger partial charge in [0, 0.05) is 42.7 Å². The molecule has 2 aromatic rings. The van der Waals surface area contributed by atoms with E-state index in [1.165, 1.54) is 29.3 Å². The van der Waals surface area contributed by atoms with E-state index in [-0.39, 0.29) is 16.3 Å². The third-order valence-electron chi connectivity index (χ3n) is 4.80. The van der Waals surface area contributed by atoms with Crippen LogP contribution in [0.2, 0.25) is 5.02 Å². The molecule has 0 amide bonds. The van der Waals surface area contributed by atoms with Gasteiger partial charge in [-0.05, 0) is 37.3 Å². The summed E-state index contributed by atoms with van der Waals surface area (Å²) < 4.78 is 0. The summed E-state index contributed by atoms with van der Waals surface area (Å²) in [4.78, 5) is 27.0. The van der Waals surface area contributed by atoms with Gasteiger partial charge >= 0.3 is 5.97 Å². The maximum absolute atomic E-state index is 10.5. The predicted molar refractivity (Wildman–Crippen MR) is 103 cm³/mol. The fourth-order valence-electron chi connectivity index (χ4n) is 3.38. The Morgan fingerprint density at radius 1 is 1.33 bits per heavy atom. The monoisotopic (exact) mass is 390 g/mol. The molecule has 8 nitrogen and oxygen atoms in total. The van der Waals surface area contributed by atoms with Gasteiger partial charge in [0.1, 0.15) is 5.82 Å². The van der Waals surface area contributed by atoms with Crippen molar-refractivity contribution in [3.05, 3.63) is 55.7 Å². The molecule has 1 aromatic heterocycles. The summed E-state index contributed by atoms with van der Waals surface area (Å²) >= 11 is 5.49. The van der Waals surface area contributed by atoms with E-state index in [1.54, 1.807) is 0 Å². The van der Waals surface area contributed by atoms with Gasteiger partial charge in [-0.3, -0.25) is 10.1 Å². The molecule has 0 saturated heterocycles. The highest BCUT2D eigenvalue weighted by Crippen LogP contribution is 2.36. The number of aryl methyl sites for hydroxylation is 1. The molecule has 4 rings (SSSR count). The molecule has 0 atom stereocenters. The summed E-state index contributed by atoms with van der Waals surface area (Å²) in [6.07, 6.45) is 4.53. The number of nitrogens with zero attached hydrogens (tertiary/aromatic N) is 3. The number of nitrogen functional groups attached to an aromatic ring is 1. The minimum absolute atomic E-state index is 0.0156. The van der Waals surface area contributed by atoms with Gasteiger partial charge in [0.2, 0.25) is 0 Å². The zero-order valence-corrected chi connectivity index (χ0v) is 15.5. The number of aromatic carboxylic acids is 1. The lowest BCUT2D eigenvalue weighted by molar-refractivity contribution is -0.384. The van der Waals surface area contributed by atoms with Crippen LogP contribution in [0.25, 0.3) is 0 Å². The first-order chi connectivity index (χ1) is 12.8. The summed E-state index contributed by atoms with van der Waals surface area (Å²) in [5.74, 6) is -0.156. The SMILES string of the molecule is CN1CCc2c1nc1c(c2N)CCC1.O=C(O)c1cc([N+](=O)[O-])ccc1Cl. The molecule has 0 fully saturated rings. The van der Waals surface area contributed by atoms with E-state index in [4.69, 9.17) is 27.4 Å². The van der Waals surface area contributed by atoms with E-state index in [2.05, 4.69) is 11.9 Å². The summed E-state index contributed by atoms with van der Waals surface area (Å²) in [6.45, 7) is 1.06. The van der Waals surface area contributed by atoms with Crippen molar-refractivity contribution in [2.45, 2.75) is 25.7 Å². The van der Waals surface area contributed by atoms with Crippen LogP contribution >= 0.6 is 11.6 Å². The van der Waals surface area contributed by atoms with Crippen LogP contribution in [0.15, 0.2) is 18.2 Å². The van der Waals surface area contributed by atoms with Crippen molar-refractivity contribution < 1.29 is 14.8 Å². The number of halogens is 1. The second kappa shape index (κ2) is 7.40. The van der Waals surface area contributed by atoms with Crippen molar-refractivity contribution in [3.63, 3.8) is 0 Å². The Labute approximate surface area is 160 Å². The molecule has 0 spiro atoms. The number of benzene rings is 1. The van der Waals surface area contributed by atoms with Crippen LogP contribution in [0.1, 0.15) is 33.6 Å². The third kappa shape index (κ3) is 3.66. The molecule has 2 heterocycles. The molecule has 0 bridgehead atoms. The van der Waals surface area contributed by atoms with Gasteiger partial charge in [-0.25, -0.2) is 9.78 Å². The highest BCUT2D eigenvalue weighted by molar-refractivity contribution is 6.33.